The number of hydrogen-bond donors (Lipinski definition) is 0. The zero-order chi connectivity index (χ0) is 14.7. The predicted molar refractivity (Wildman–Crippen MR) is 83.6 cm³/mol. The maximum Gasteiger partial charge on any atom is 0.169 e. The van der Waals surface area contributed by atoms with E-state index in [1.165, 1.54) is 0 Å². The summed E-state index contributed by atoms with van der Waals surface area (Å²) in [6, 6.07) is 19.4. The summed E-state index contributed by atoms with van der Waals surface area (Å²) in [5, 5.41) is 2.04. The van der Waals surface area contributed by atoms with Crippen LogP contribution in [0.2, 0.25) is 0 Å². The summed E-state index contributed by atoms with van der Waals surface area (Å²) in [4.78, 5) is 0. The van der Waals surface area contributed by atoms with Crippen molar-refractivity contribution in [3.8, 4) is 23.0 Å². The molecule has 3 heteroatoms. The molecule has 0 heterocycles. The van der Waals surface area contributed by atoms with E-state index in [0.717, 1.165) is 28.0 Å². The quantitative estimate of drug-likeness (QED) is 0.696. The average Bonchev–Trinajstić information content (AvgIpc) is 2.55. The van der Waals surface area contributed by atoms with Crippen LogP contribution in [0.1, 0.15) is 0 Å². The number of rotatable bonds is 4. The zero-order valence-corrected chi connectivity index (χ0v) is 12.0. The SMILES string of the molecule is COc1ccc2c(OC)c(Oc3ccccc3)ccc2c1. The molecule has 0 unspecified atom stereocenters. The molecule has 3 nitrogen and oxygen atoms in total. The van der Waals surface area contributed by atoms with E-state index in [1.54, 1.807) is 14.2 Å². The molecule has 0 radical (unpaired) electrons. The van der Waals surface area contributed by atoms with Gasteiger partial charge in [0.25, 0.3) is 0 Å². The number of methoxy groups -OCH3 is 2. The molecule has 0 fully saturated rings. The van der Waals surface area contributed by atoms with Crippen LogP contribution < -0.4 is 14.2 Å². The molecule has 0 amide bonds. The average molecular weight is 280 g/mol. The molecule has 0 aliphatic rings. The molecule has 106 valence electrons. The molecule has 21 heavy (non-hydrogen) atoms. The third-order valence-corrected chi connectivity index (χ3v) is 3.32. The first-order valence-corrected chi connectivity index (χ1v) is 6.69. The van der Waals surface area contributed by atoms with Gasteiger partial charge in [0.15, 0.2) is 11.5 Å². The van der Waals surface area contributed by atoms with Crippen molar-refractivity contribution >= 4 is 10.8 Å². The lowest BCUT2D eigenvalue weighted by Crippen LogP contribution is -1.92. The van der Waals surface area contributed by atoms with Gasteiger partial charge in [-0.1, -0.05) is 24.3 Å². The van der Waals surface area contributed by atoms with Gasteiger partial charge in [-0.05, 0) is 41.8 Å². The molecular formula is C18H16O3. The smallest absolute Gasteiger partial charge is 0.169 e. The summed E-state index contributed by atoms with van der Waals surface area (Å²) < 4.78 is 16.7. The highest BCUT2D eigenvalue weighted by Gasteiger charge is 2.11. The minimum Gasteiger partial charge on any atom is -0.497 e. The van der Waals surface area contributed by atoms with E-state index in [1.807, 2.05) is 60.7 Å². The molecule has 3 aromatic rings. The molecule has 0 aliphatic carbocycles. The van der Waals surface area contributed by atoms with Gasteiger partial charge >= 0.3 is 0 Å². The Hall–Kier alpha value is -2.68. The first-order chi connectivity index (χ1) is 10.3. The maximum absolute atomic E-state index is 5.91. The number of benzene rings is 3. The second kappa shape index (κ2) is 5.75. The van der Waals surface area contributed by atoms with Gasteiger partial charge in [-0.2, -0.15) is 0 Å². The van der Waals surface area contributed by atoms with Gasteiger partial charge in [-0.3, -0.25) is 0 Å². The van der Waals surface area contributed by atoms with Crippen molar-refractivity contribution < 1.29 is 14.2 Å². The lowest BCUT2D eigenvalue weighted by Gasteiger charge is -2.13. The molecule has 0 spiro atoms. The lowest BCUT2D eigenvalue weighted by molar-refractivity contribution is 0.383. The molecular weight excluding hydrogens is 264 g/mol. The molecule has 0 atom stereocenters. The van der Waals surface area contributed by atoms with Crippen molar-refractivity contribution in [2.45, 2.75) is 0 Å². The van der Waals surface area contributed by atoms with Crippen molar-refractivity contribution in [2.24, 2.45) is 0 Å². The Morgan fingerprint density at radius 1 is 0.714 bits per heavy atom. The van der Waals surface area contributed by atoms with Crippen molar-refractivity contribution in [2.75, 3.05) is 14.2 Å². The summed E-state index contributed by atoms with van der Waals surface area (Å²) in [6.07, 6.45) is 0. The Bertz CT molecular complexity index is 751. The fraction of sp³-hybridized carbons (Fsp3) is 0.111. The minimum atomic E-state index is 0.696. The van der Waals surface area contributed by atoms with Crippen LogP contribution in [0.25, 0.3) is 10.8 Å². The monoisotopic (exact) mass is 280 g/mol. The Kier molecular flexibility index (Phi) is 3.65. The second-order valence-electron chi connectivity index (χ2n) is 4.60. The summed E-state index contributed by atoms with van der Waals surface area (Å²) in [7, 11) is 3.31. The number of fused-ring (bicyclic) bond motifs is 1. The summed E-state index contributed by atoms with van der Waals surface area (Å²) in [5.74, 6) is 3.02. The topological polar surface area (TPSA) is 27.7 Å². The van der Waals surface area contributed by atoms with Crippen LogP contribution in [0.3, 0.4) is 0 Å². The highest BCUT2D eigenvalue weighted by atomic mass is 16.5. The molecule has 0 N–H and O–H groups in total. The fourth-order valence-corrected chi connectivity index (χ4v) is 2.29. The molecule has 0 saturated carbocycles. The Balaban J connectivity index is 2.07. The van der Waals surface area contributed by atoms with E-state index in [0.29, 0.717) is 5.75 Å². The van der Waals surface area contributed by atoms with Crippen LogP contribution in [-0.4, -0.2) is 14.2 Å². The maximum atomic E-state index is 5.91. The minimum absolute atomic E-state index is 0.696. The van der Waals surface area contributed by atoms with Crippen molar-refractivity contribution in [1.29, 1.82) is 0 Å². The van der Waals surface area contributed by atoms with Crippen LogP contribution in [0.15, 0.2) is 60.7 Å². The van der Waals surface area contributed by atoms with E-state index in [9.17, 15) is 0 Å². The van der Waals surface area contributed by atoms with Crippen molar-refractivity contribution in [3.05, 3.63) is 60.7 Å². The number of para-hydroxylation sites is 1. The van der Waals surface area contributed by atoms with Gasteiger partial charge in [-0.15, -0.1) is 0 Å². The summed E-state index contributed by atoms with van der Waals surface area (Å²) in [6.45, 7) is 0. The highest BCUT2D eigenvalue weighted by Crippen LogP contribution is 2.39. The van der Waals surface area contributed by atoms with E-state index >= 15 is 0 Å². The Labute approximate surface area is 123 Å². The van der Waals surface area contributed by atoms with Crippen molar-refractivity contribution in [3.63, 3.8) is 0 Å². The van der Waals surface area contributed by atoms with Gasteiger partial charge in [0.05, 0.1) is 14.2 Å². The zero-order valence-electron chi connectivity index (χ0n) is 12.0. The van der Waals surface area contributed by atoms with E-state index in [2.05, 4.69) is 0 Å². The van der Waals surface area contributed by atoms with Gasteiger partial charge in [0.2, 0.25) is 0 Å². The largest absolute Gasteiger partial charge is 0.497 e. The van der Waals surface area contributed by atoms with Crippen LogP contribution >= 0.6 is 0 Å². The normalized spacial score (nSPS) is 10.4. The van der Waals surface area contributed by atoms with Crippen LogP contribution in [0.5, 0.6) is 23.0 Å². The predicted octanol–water partition coefficient (Wildman–Crippen LogP) is 4.65. The third-order valence-electron chi connectivity index (χ3n) is 3.32. The number of ether oxygens (including phenoxy) is 3. The lowest BCUT2D eigenvalue weighted by atomic mass is 10.1. The molecule has 0 aromatic heterocycles. The second-order valence-corrected chi connectivity index (χ2v) is 4.60. The summed E-state index contributed by atoms with van der Waals surface area (Å²) in [5.41, 5.74) is 0. The highest BCUT2D eigenvalue weighted by molar-refractivity contribution is 5.91. The third kappa shape index (κ3) is 2.63. The first-order valence-electron chi connectivity index (χ1n) is 6.69. The summed E-state index contributed by atoms with van der Waals surface area (Å²) >= 11 is 0. The Morgan fingerprint density at radius 2 is 1.52 bits per heavy atom. The number of hydrogen-bond acceptors (Lipinski definition) is 3. The molecule has 0 aliphatic heterocycles. The van der Waals surface area contributed by atoms with Crippen LogP contribution in [-0.2, 0) is 0 Å². The molecule has 0 bridgehead atoms. The Morgan fingerprint density at radius 3 is 2.24 bits per heavy atom. The van der Waals surface area contributed by atoms with Gasteiger partial charge in [-0.25, -0.2) is 0 Å². The fourth-order valence-electron chi connectivity index (χ4n) is 2.29. The molecule has 0 saturated heterocycles. The molecule has 3 aromatic carbocycles. The van der Waals surface area contributed by atoms with Gasteiger partial charge < -0.3 is 14.2 Å². The van der Waals surface area contributed by atoms with E-state index in [-0.39, 0.29) is 0 Å². The van der Waals surface area contributed by atoms with Gasteiger partial charge in [0, 0.05) is 5.39 Å². The molecule has 3 rings (SSSR count). The van der Waals surface area contributed by atoms with E-state index in [4.69, 9.17) is 14.2 Å². The standard InChI is InChI=1S/C18H16O3/c1-19-15-9-10-16-13(12-15)8-11-17(18(16)20-2)21-14-6-4-3-5-7-14/h3-12H,1-2H3. The van der Waals surface area contributed by atoms with Gasteiger partial charge in [0.1, 0.15) is 11.5 Å². The van der Waals surface area contributed by atoms with E-state index < -0.39 is 0 Å². The first kappa shape index (κ1) is 13.3. The van der Waals surface area contributed by atoms with Crippen molar-refractivity contribution in [1.82, 2.24) is 0 Å². The van der Waals surface area contributed by atoms with Crippen LogP contribution in [0, 0.1) is 0 Å². The van der Waals surface area contributed by atoms with Crippen LogP contribution in [0.4, 0.5) is 0 Å².